The van der Waals surface area contributed by atoms with Crippen molar-refractivity contribution >= 4 is 18.0 Å². The van der Waals surface area contributed by atoms with E-state index in [9.17, 15) is 14.4 Å². The molecule has 1 unspecified atom stereocenters. The summed E-state index contributed by atoms with van der Waals surface area (Å²) < 4.78 is 4.33. The Morgan fingerprint density at radius 2 is 1.82 bits per heavy atom. The fourth-order valence-electron chi connectivity index (χ4n) is 1.10. The van der Waals surface area contributed by atoms with Gasteiger partial charge in [0.1, 0.15) is 6.54 Å². The van der Waals surface area contributed by atoms with Gasteiger partial charge >= 0.3 is 18.0 Å². The molecule has 7 heteroatoms. The van der Waals surface area contributed by atoms with Crippen LogP contribution in [0.2, 0.25) is 0 Å². The molecule has 98 valence electrons. The maximum absolute atomic E-state index is 11.2. The highest BCUT2D eigenvalue weighted by molar-refractivity contribution is 5.81. The zero-order valence-electron chi connectivity index (χ0n) is 10.1. The van der Waals surface area contributed by atoms with Crippen molar-refractivity contribution in [3.05, 3.63) is 0 Å². The average molecular weight is 246 g/mol. The first-order valence-electron chi connectivity index (χ1n) is 5.19. The lowest BCUT2D eigenvalue weighted by atomic mass is 9.96. The van der Waals surface area contributed by atoms with E-state index in [-0.39, 0.29) is 19.0 Å². The van der Waals surface area contributed by atoms with Gasteiger partial charge in [0.25, 0.3) is 0 Å². The number of urea groups is 1. The minimum absolute atomic E-state index is 0.0139. The van der Waals surface area contributed by atoms with Gasteiger partial charge in [-0.1, -0.05) is 13.8 Å². The number of ether oxygens (including phenoxy) is 1. The molecule has 17 heavy (non-hydrogen) atoms. The van der Waals surface area contributed by atoms with Crippen LogP contribution in [-0.4, -0.2) is 43.3 Å². The fraction of sp³-hybridized carbons (Fsp3) is 0.700. The Kier molecular flexibility index (Phi) is 6.69. The van der Waals surface area contributed by atoms with E-state index in [4.69, 9.17) is 5.11 Å². The van der Waals surface area contributed by atoms with Crippen molar-refractivity contribution in [1.29, 1.82) is 0 Å². The van der Waals surface area contributed by atoms with Gasteiger partial charge in [-0.3, -0.25) is 9.59 Å². The molecule has 7 nitrogen and oxygen atoms in total. The summed E-state index contributed by atoms with van der Waals surface area (Å²) in [6.07, 6.45) is 0. The number of esters is 1. The minimum Gasteiger partial charge on any atom is -0.481 e. The smallest absolute Gasteiger partial charge is 0.325 e. The first-order chi connectivity index (χ1) is 7.88. The highest BCUT2D eigenvalue weighted by Crippen LogP contribution is 2.09. The molecule has 0 aromatic rings. The van der Waals surface area contributed by atoms with Crippen LogP contribution in [-0.2, 0) is 14.3 Å². The number of aliphatic carboxylic acids is 1. The molecule has 0 fully saturated rings. The van der Waals surface area contributed by atoms with Crippen molar-refractivity contribution in [1.82, 2.24) is 10.6 Å². The predicted octanol–water partition coefficient (Wildman–Crippen LogP) is -0.185. The standard InChI is InChI=1S/C10H18N2O5/c1-6(2)7(9(14)15)4-11-10(16)12-5-8(13)17-3/h6-7H,4-5H2,1-3H3,(H,14,15)(H2,11,12,16). The van der Waals surface area contributed by atoms with Crippen molar-refractivity contribution in [3.63, 3.8) is 0 Å². The number of nitrogens with one attached hydrogen (secondary N) is 2. The molecule has 0 rings (SSSR count). The Labute approximate surface area is 99.5 Å². The van der Waals surface area contributed by atoms with E-state index in [1.807, 2.05) is 0 Å². The van der Waals surface area contributed by atoms with E-state index in [0.29, 0.717) is 0 Å². The molecule has 0 saturated heterocycles. The molecule has 0 aromatic carbocycles. The van der Waals surface area contributed by atoms with Gasteiger partial charge in [-0.05, 0) is 5.92 Å². The second kappa shape index (κ2) is 7.48. The first kappa shape index (κ1) is 15.2. The molecule has 0 aliphatic heterocycles. The normalized spacial score (nSPS) is 11.8. The fourth-order valence-corrected chi connectivity index (χ4v) is 1.10. The van der Waals surface area contributed by atoms with Gasteiger partial charge in [0.2, 0.25) is 0 Å². The summed E-state index contributed by atoms with van der Waals surface area (Å²) in [7, 11) is 1.21. The number of carboxylic acids is 1. The quantitative estimate of drug-likeness (QED) is 0.564. The van der Waals surface area contributed by atoms with E-state index >= 15 is 0 Å². The van der Waals surface area contributed by atoms with Crippen molar-refractivity contribution < 1.29 is 24.2 Å². The molecule has 0 aromatic heterocycles. The zero-order chi connectivity index (χ0) is 13.4. The monoisotopic (exact) mass is 246 g/mol. The Hall–Kier alpha value is -1.79. The predicted molar refractivity (Wildman–Crippen MR) is 59.4 cm³/mol. The molecule has 0 radical (unpaired) electrons. The summed E-state index contributed by atoms with van der Waals surface area (Å²) in [5.41, 5.74) is 0. The second-order valence-electron chi connectivity index (χ2n) is 3.83. The Balaban J connectivity index is 3.97. The third-order valence-electron chi connectivity index (χ3n) is 2.23. The van der Waals surface area contributed by atoms with E-state index in [0.717, 1.165) is 0 Å². The van der Waals surface area contributed by atoms with Crippen LogP contribution in [0.3, 0.4) is 0 Å². The van der Waals surface area contributed by atoms with Gasteiger partial charge in [-0.2, -0.15) is 0 Å². The SMILES string of the molecule is COC(=O)CNC(=O)NCC(C(=O)O)C(C)C. The number of carboxylic acid groups (broad SMARTS) is 1. The molecular weight excluding hydrogens is 228 g/mol. The van der Waals surface area contributed by atoms with Crippen LogP contribution in [0, 0.1) is 11.8 Å². The lowest BCUT2D eigenvalue weighted by Gasteiger charge is -2.16. The van der Waals surface area contributed by atoms with E-state index in [2.05, 4.69) is 15.4 Å². The molecule has 3 N–H and O–H groups in total. The maximum atomic E-state index is 11.2. The van der Waals surface area contributed by atoms with Gasteiger partial charge in [0, 0.05) is 6.54 Å². The summed E-state index contributed by atoms with van der Waals surface area (Å²) in [5.74, 6) is -2.28. The minimum atomic E-state index is -0.965. The van der Waals surface area contributed by atoms with Gasteiger partial charge in [-0.15, -0.1) is 0 Å². The zero-order valence-corrected chi connectivity index (χ0v) is 10.1. The number of rotatable bonds is 6. The third kappa shape index (κ3) is 6.39. The molecule has 0 spiro atoms. The Morgan fingerprint density at radius 1 is 1.24 bits per heavy atom. The number of carbonyl (C=O) groups excluding carboxylic acids is 2. The van der Waals surface area contributed by atoms with Crippen LogP contribution in [0.4, 0.5) is 4.79 Å². The van der Waals surface area contributed by atoms with Crippen molar-refractivity contribution in [2.24, 2.45) is 11.8 Å². The Bertz CT molecular complexity index is 290. The third-order valence-corrected chi connectivity index (χ3v) is 2.23. The second-order valence-corrected chi connectivity index (χ2v) is 3.83. The van der Waals surface area contributed by atoms with Crippen LogP contribution in [0.1, 0.15) is 13.8 Å². The molecule has 0 aliphatic rings. The number of amides is 2. The Morgan fingerprint density at radius 3 is 2.24 bits per heavy atom. The largest absolute Gasteiger partial charge is 0.481 e. The van der Waals surface area contributed by atoms with Gasteiger partial charge < -0.3 is 20.5 Å². The van der Waals surface area contributed by atoms with Gasteiger partial charge in [-0.25, -0.2) is 4.79 Å². The number of hydrogen-bond acceptors (Lipinski definition) is 4. The molecule has 2 amide bonds. The van der Waals surface area contributed by atoms with E-state index < -0.39 is 23.9 Å². The van der Waals surface area contributed by atoms with Crippen LogP contribution in [0.15, 0.2) is 0 Å². The lowest BCUT2D eigenvalue weighted by molar-refractivity contribution is -0.143. The first-order valence-corrected chi connectivity index (χ1v) is 5.19. The molecule has 0 bridgehead atoms. The molecule has 0 aliphatic carbocycles. The van der Waals surface area contributed by atoms with Crippen LogP contribution >= 0.6 is 0 Å². The average Bonchev–Trinajstić information content (AvgIpc) is 2.25. The lowest BCUT2D eigenvalue weighted by Crippen LogP contribution is -2.43. The molecule has 0 saturated carbocycles. The molecule has 0 heterocycles. The summed E-state index contributed by atoms with van der Waals surface area (Å²) in [6, 6.07) is -0.595. The highest BCUT2D eigenvalue weighted by Gasteiger charge is 2.21. The summed E-state index contributed by atoms with van der Waals surface area (Å²) in [4.78, 5) is 32.7. The van der Waals surface area contributed by atoms with Crippen LogP contribution in [0.5, 0.6) is 0 Å². The number of hydrogen-bond donors (Lipinski definition) is 3. The van der Waals surface area contributed by atoms with Gasteiger partial charge in [0.05, 0.1) is 13.0 Å². The maximum Gasteiger partial charge on any atom is 0.325 e. The molecular formula is C10H18N2O5. The van der Waals surface area contributed by atoms with Crippen molar-refractivity contribution in [2.45, 2.75) is 13.8 Å². The molecule has 1 atom stereocenters. The van der Waals surface area contributed by atoms with Crippen molar-refractivity contribution in [2.75, 3.05) is 20.2 Å². The van der Waals surface area contributed by atoms with Crippen LogP contribution in [0.25, 0.3) is 0 Å². The summed E-state index contributed by atoms with van der Waals surface area (Å²) in [5, 5.41) is 13.5. The highest BCUT2D eigenvalue weighted by atomic mass is 16.5. The van der Waals surface area contributed by atoms with Crippen molar-refractivity contribution in [3.8, 4) is 0 Å². The number of carbonyl (C=O) groups is 3. The van der Waals surface area contributed by atoms with Gasteiger partial charge in [0.15, 0.2) is 0 Å². The summed E-state index contributed by atoms with van der Waals surface area (Å²) >= 11 is 0. The van der Waals surface area contributed by atoms with Crippen LogP contribution < -0.4 is 10.6 Å². The topological polar surface area (TPSA) is 105 Å². The van der Waals surface area contributed by atoms with E-state index in [1.165, 1.54) is 7.11 Å². The van der Waals surface area contributed by atoms with E-state index in [1.54, 1.807) is 13.8 Å². The summed E-state index contributed by atoms with van der Waals surface area (Å²) in [6.45, 7) is 3.28. The number of methoxy groups -OCH3 is 1.